The smallest absolute Gasteiger partial charge is 0.188 e. The SMILES string of the molecule is COc1ccc(CCNC(N)=NCc2cnn(C)c2)cc1.I. The van der Waals surface area contributed by atoms with E-state index in [1.807, 2.05) is 37.5 Å². The first-order chi connectivity index (χ1) is 10.2. The Balaban J connectivity index is 0.00000242. The number of nitrogens with zero attached hydrogens (tertiary/aromatic N) is 3. The van der Waals surface area contributed by atoms with Crippen LogP contribution in [0.15, 0.2) is 41.7 Å². The molecule has 0 unspecified atom stereocenters. The minimum absolute atomic E-state index is 0. The molecule has 0 bridgehead atoms. The summed E-state index contributed by atoms with van der Waals surface area (Å²) in [7, 11) is 3.54. The first kappa shape index (κ1) is 18.3. The molecule has 0 saturated heterocycles. The summed E-state index contributed by atoms with van der Waals surface area (Å²) in [5.74, 6) is 1.32. The number of methoxy groups -OCH3 is 1. The lowest BCUT2D eigenvalue weighted by Crippen LogP contribution is -2.33. The van der Waals surface area contributed by atoms with Crippen molar-refractivity contribution in [1.82, 2.24) is 15.1 Å². The first-order valence-corrected chi connectivity index (χ1v) is 6.81. The molecule has 6 nitrogen and oxygen atoms in total. The number of aliphatic imine (C=N–C) groups is 1. The van der Waals surface area contributed by atoms with Gasteiger partial charge in [0.25, 0.3) is 0 Å². The summed E-state index contributed by atoms with van der Waals surface area (Å²) in [6, 6.07) is 8.00. The molecule has 0 amide bonds. The topological polar surface area (TPSA) is 77.5 Å². The van der Waals surface area contributed by atoms with Crippen molar-refractivity contribution in [3.8, 4) is 5.75 Å². The molecule has 0 aliphatic rings. The molecule has 22 heavy (non-hydrogen) atoms. The molecule has 0 spiro atoms. The Kier molecular flexibility index (Phi) is 7.72. The maximum atomic E-state index is 5.83. The zero-order valence-electron chi connectivity index (χ0n) is 12.8. The second-order valence-corrected chi connectivity index (χ2v) is 4.75. The van der Waals surface area contributed by atoms with Crippen LogP contribution in [0, 0.1) is 0 Å². The van der Waals surface area contributed by atoms with Gasteiger partial charge < -0.3 is 15.8 Å². The van der Waals surface area contributed by atoms with Gasteiger partial charge in [0, 0.05) is 25.4 Å². The molecule has 0 saturated carbocycles. The normalized spacial score (nSPS) is 10.9. The number of aromatic nitrogens is 2. The molecule has 0 atom stereocenters. The molecule has 0 radical (unpaired) electrons. The van der Waals surface area contributed by atoms with Gasteiger partial charge in [-0.05, 0) is 24.1 Å². The van der Waals surface area contributed by atoms with Crippen LogP contribution < -0.4 is 15.8 Å². The highest BCUT2D eigenvalue weighted by atomic mass is 127. The van der Waals surface area contributed by atoms with Gasteiger partial charge in [-0.15, -0.1) is 24.0 Å². The van der Waals surface area contributed by atoms with E-state index in [2.05, 4.69) is 15.4 Å². The third kappa shape index (κ3) is 5.92. The molecule has 0 aliphatic heterocycles. The summed E-state index contributed by atoms with van der Waals surface area (Å²) in [6.45, 7) is 1.28. The van der Waals surface area contributed by atoms with Crippen molar-refractivity contribution in [1.29, 1.82) is 0 Å². The largest absolute Gasteiger partial charge is 0.497 e. The zero-order chi connectivity index (χ0) is 15.1. The van der Waals surface area contributed by atoms with Crippen LogP contribution in [0.3, 0.4) is 0 Å². The van der Waals surface area contributed by atoms with E-state index in [9.17, 15) is 0 Å². The van der Waals surface area contributed by atoms with Gasteiger partial charge in [-0.1, -0.05) is 12.1 Å². The van der Waals surface area contributed by atoms with Crippen LogP contribution in [0.4, 0.5) is 0 Å². The van der Waals surface area contributed by atoms with Crippen LogP contribution in [-0.4, -0.2) is 29.4 Å². The van der Waals surface area contributed by atoms with Crippen LogP contribution in [0.5, 0.6) is 5.75 Å². The number of nitrogens with two attached hydrogens (primary N) is 1. The molecule has 2 aromatic rings. The number of guanidine groups is 1. The molecule has 0 aliphatic carbocycles. The number of aryl methyl sites for hydroxylation is 1. The molecule has 120 valence electrons. The molecule has 7 heteroatoms. The predicted molar refractivity (Wildman–Crippen MR) is 98.7 cm³/mol. The Morgan fingerprint density at radius 2 is 2.05 bits per heavy atom. The van der Waals surface area contributed by atoms with Crippen molar-refractivity contribution in [2.45, 2.75) is 13.0 Å². The van der Waals surface area contributed by atoms with Gasteiger partial charge in [-0.2, -0.15) is 5.10 Å². The fourth-order valence-corrected chi connectivity index (χ4v) is 1.91. The number of halogens is 1. The molecule has 1 aromatic heterocycles. The average molecular weight is 415 g/mol. The van der Waals surface area contributed by atoms with E-state index in [0.29, 0.717) is 12.5 Å². The fourth-order valence-electron chi connectivity index (χ4n) is 1.91. The second kappa shape index (κ2) is 9.29. The number of benzene rings is 1. The van der Waals surface area contributed by atoms with Crippen molar-refractivity contribution in [2.75, 3.05) is 13.7 Å². The molecule has 3 N–H and O–H groups in total. The molecular formula is C15H22IN5O. The number of rotatable bonds is 6. The molecule has 0 fully saturated rings. The maximum absolute atomic E-state index is 5.83. The maximum Gasteiger partial charge on any atom is 0.188 e. The van der Waals surface area contributed by atoms with E-state index >= 15 is 0 Å². The number of hydrogen-bond donors (Lipinski definition) is 2. The number of ether oxygens (including phenoxy) is 1. The van der Waals surface area contributed by atoms with Gasteiger partial charge in [-0.25, -0.2) is 4.99 Å². The summed E-state index contributed by atoms with van der Waals surface area (Å²) in [6.07, 6.45) is 4.59. The Morgan fingerprint density at radius 3 is 2.64 bits per heavy atom. The van der Waals surface area contributed by atoms with Crippen molar-refractivity contribution >= 4 is 29.9 Å². The molecular weight excluding hydrogens is 393 g/mol. The highest BCUT2D eigenvalue weighted by Gasteiger charge is 1.97. The third-order valence-corrected chi connectivity index (χ3v) is 3.07. The summed E-state index contributed by atoms with van der Waals surface area (Å²) in [5, 5.41) is 7.19. The lowest BCUT2D eigenvalue weighted by Gasteiger charge is -2.06. The van der Waals surface area contributed by atoms with Crippen molar-refractivity contribution in [3.05, 3.63) is 47.8 Å². The Labute approximate surface area is 147 Å². The highest BCUT2D eigenvalue weighted by molar-refractivity contribution is 14.0. The quantitative estimate of drug-likeness (QED) is 0.428. The Bertz CT molecular complexity index is 594. The standard InChI is InChI=1S/C15H21N5O.HI/c1-20-11-13(10-19-20)9-18-15(16)17-8-7-12-3-5-14(21-2)6-4-12;/h3-6,10-11H,7-9H2,1-2H3,(H3,16,17,18);1H. The average Bonchev–Trinajstić information content (AvgIpc) is 2.91. The Morgan fingerprint density at radius 1 is 1.32 bits per heavy atom. The summed E-state index contributed by atoms with van der Waals surface area (Å²) >= 11 is 0. The van der Waals surface area contributed by atoms with Crippen LogP contribution in [-0.2, 0) is 20.0 Å². The van der Waals surface area contributed by atoms with Gasteiger partial charge in [-0.3, -0.25) is 4.68 Å². The van der Waals surface area contributed by atoms with Crippen LogP contribution in [0.25, 0.3) is 0 Å². The van der Waals surface area contributed by atoms with E-state index in [1.54, 1.807) is 18.0 Å². The molecule has 1 aromatic carbocycles. The number of hydrogen-bond acceptors (Lipinski definition) is 3. The lowest BCUT2D eigenvalue weighted by atomic mass is 10.1. The van der Waals surface area contributed by atoms with Crippen LogP contribution in [0.1, 0.15) is 11.1 Å². The van der Waals surface area contributed by atoms with Gasteiger partial charge in [0.1, 0.15) is 5.75 Å². The zero-order valence-corrected chi connectivity index (χ0v) is 15.2. The third-order valence-electron chi connectivity index (χ3n) is 3.07. The van der Waals surface area contributed by atoms with E-state index < -0.39 is 0 Å². The van der Waals surface area contributed by atoms with Crippen molar-refractivity contribution in [3.63, 3.8) is 0 Å². The monoisotopic (exact) mass is 415 g/mol. The van der Waals surface area contributed by atoms with Crippen molar-refractivity contribution < 1.29 is 4.74 Å². The highest BCUT2D eigenvalue weighted by Crippen LogP contribution is 2.11. The fraction of sp³-hybridized carbons (Fsp3) is 0.333. The summed E-state index contributed by atoms with van der Waals surface area (Å²) in [4.78, 5) is 4.28. The lowest BCUT2D eigenvalue weighted by molar-refractivity contribution is 0.414. The van der Waals surface area contributed by atoms with E-state index in [-0.39, 0.29) is 24.0 Å². The van der Waals surface area contributed by atoms with Crippen LogP contribution >= 0.6 is 24.0 Å². The number of nitrogens with one attached hydrogen (secondary N) is 1. The Hall–Kier alpha value is -1.77. The second-order valence-electron chi connectivity index (χ2n) is 4.75. The van der Waals surface area contributed by atoms with Gasteiger partial charge in [0.15, 0.2) is 5.96 Å². The van der Waals surface area contributed by atoms with E-state index in [0.717, 1.165) is 24.3 Å². The first-order valence-electron chi connectivity index (χ1n) is 6.81. The molecule has 1 heterocycles. The minimum atomic E-state index is 0. The van der Waals surface area contributed by atoms with E-state index in [4.69, 9.17) is 10.5 Å². The van der Waals surface area contributed by atoms with Gasteiger partial charge in [0.05, 0.1) is 19.9 Å². The molecule has 2 rings (SSSR count). The predicted octanol–water partition coefficient (Wildman–Crippen LogP) is 1.69. The van der Waals surface area contributed by atoms with Gasteiger partial charge in [0.2, 0.25) is 0 Å². The summed E-state index contributed by atoms with van der Waals surface area (Å²) < 4.78 is 6.87. The van der Waals surface area contributed by atoms with Crippen molar-refractivity contribution in [2.24, 2.45) is 17.8 Å². The van der Waals surface area contributed by atoms with E-state index in [1.165, 1.54) is 5.56 Å². The van der Waals surface area contributed by atoms with Crippen LogP contribution in [0.2, 0.25) is 0 Å². The summed E-state index contributed by atoms with van der Waals surface area (Å²) in [5.41, 5.74) is 8.09. The van der Waals surface area contributed by atoms with Gasteiger partial charge >= 0.3 is 0 Å². The minimum Gasteiger partial charge on any atom is -0.497 e.